The van der Waals surface area contributed by atoms with Crippen LogP contribution in [-0.2, 0) is 0 Å². The highest BCUT2D eigenvalue weighted by molar-refractivity contribution is 7.98. The molecule has 2 nitrogen and oxygen atoms in total. The van der Waals surface area contributed by atoms with Gasteiger partial charge in [-0.1, -0.05) is 56.3 Å². The van der Waals surface area contributed by atoms with Crippen LogP contribution in [0.4, 0.5) is 0 Å². The Labute approximate surface area is 131 Å². The lowest BCUT2D eigenvalue weighted by molar-refractivity contribution is 0.193. The zero-order valence-electron chi connectivity index (χ0n) is 12.9. The van der Waals surface area contributed by atoms with E-state index in [2.05, 4.69) is 55.8 Å². The summed E-state index contributed by atoms with van der Waals surface area (Å²) in [6, 6.07) is 19.0. The molecular formula is C18H23NOS. The predicted octanol–water partition coefficient (Wildman–Crippen LogP) is 4.53. The molecule has 0 heterocycles. The second-order valence-electron chi connectivity index (χ2n) is 5.23. The molecule has 0 aliphatic rings. The smallest absolute Gasteiger partial charge is 0.136 e. The van der Waals surface area contributed by atoms with Crippen molar-refractivity contribution >= 4 is 11.8 Å². The third-order valence-corrected chi connectivity index (χ3v) is 4.00. The summed E-state index contributed by atoms with van der Waals surface area (Å²) in [6.45, 7) is 5.10. The quantitative estimate of drug-likeness (QED) is 0.759. The van der Waals surface area contributed by atoms with E-state index in [1.54, 1.807) is 11.8 Å². The zero-order valence-corrected chi connectivity index (χ0v) is 13.7. The van der Waals surface area contributed by atoms with Crippen LogP contribution in [0.15, 0.2) is 59.5 Å². The molecule has 3 heteroatoms. The lowest BCUT2D eigenvalue weighted by Crippen LogP contribution is -2.30. The van der Waals surface area contributed by atoms with E-state index in [0.29, 0.717) is 6.04 Å². The average molecular weight is 301 g/mol. The first-order valence-electron chi connectivity index (χ1n) is 7.28. The van der Waals surface area contributed by atoms with Crippen LogP contribution in [0.1, 0.15) is 25.5 Å². The van der Waals surface area contributed by atoms with Crippen LogP contribution in [0.5, 0.6) is 5.75 Å². The van der Waals surface area contributed by atoms with Gasteiger partial charge in [0.05, 0.1) is 0 Å². The van der Waals surface area contributed by atoms with Crippen molar-refractivity contribution in [1.82, 2.24) is 5.32 Å². The lowest BCUT2D eigenvalue weighted by Gasteiger charge is -2.22. The number of rotatable bonds is 7. The Balaban J connectivity index is 2.19. The van der Waals surface area contributed by atoms with Gasteiger partial charge < -0.3 is 10.1 Å². The van der Waals surface area contributed by atoms with Gasteiger partial charge >= 0.3 is 0 Å². The number of hydrogen-bond donors (Lipinski definition) is 1. The minimum Gasteiger partial charge on any atom is -0.483 e. The summed E-state index contributed by atoms with van der Waals surface area (Å²) in [4.78, 5) is 1.17. The first-order chi connectivity index (χ1) is 10.2. The molecule has 2 aromatic carbocycles. The van der Waals surface area contributed by atoms with E-state index >= 15 is 0 Å². The molecule has 0 aromatic heterocycles. The maximum atomic E-state index is 6.29. The monoisotopic (exact) mass is 301 g/mol. The van der Waals surface area contributed by atoms with Gasteiger partial charge in [0, 0.05) is 17.5 Å². The summed E-state index contributed by atoms with van der Waals surface area (Å²) >= 11 is 1.71. The van der Waals surface area contributed by atoms with E-state index in [9.17, 15) is 0 Å². The van der Waals surface area contributed by atoms with Crippen molar-refractivity contribution in [3.8, 4) is 5.75 Å². The van der Waals surface area contributed by atoms with Gasteiger partial charge in [-0.2, -0.15) is 0 Å². The molecule has 0 saturated heterocycles. The van der Waals surface area contributed by atoms with Gasteiger partial charge in [0.1, 0.15) is 11.9 Å². The van der Waals surface area contributed by atoms with Gasteiger partial charge in [-0.05, 0) is 24.0 Å². The molecule has 0 aliphatic heterocycles. The first-order valence-corrected chi connectivity index (χ1v) is 8.51. The van der Waals surface area contributed by atoms with Crippen LogP contribution in [-0.4, -0.2) is 18.8 Å². The van der Waals surface area contributed by atoms with E-state index in [1.165, 1.54) is 10.5 Å². The summed E-state index contributed by atoms with van der Waals surface area (Å²) in [5.74, 6) is 0.949. The van der Waals surface area contributed by atoms with E-state index < -0.39 is 0 Å². The summed E-state index contributed by atoms with van der Waals surface area (Å²) in [5, 5.41) is 3.47. The highest BCUT2D eigenvalue weighted by Gasteiger charge is 2.15. The molecular weight excluding hydrogens is 278 g/mol. The molecule has 1 N–H and O–H groups in total. The Morgan fingerprint density at radius 2 is 1.67 bits per heavy atom. The minimum absolute atomic E-state index is 0.0156. The molecule has 112 valence electrons. The number of hydrogen-bond acceptors (Lipinski definition) is 3. The molecule has 2 rings (SSSR count). The topological polar surface area (TPSA) is 21.3 Å². The van der Waals surface area contributed by atoms with Crippen LogP contribution in [0.3, 0.4) is 0 Å². The number of nitrogens with one attached hydrogen (secondary N) is 1. The van der Waals surface area contributed by atoms with Gasteiger partial charge in [-0.25, -0.2) is 0 Å². The van der Waals surface area contributed by atoms with Gasteiger partial charge in [0.2, 0.25) is 0 Å². The Bertz CT molecular complexity index is 542. The molecule has 0 amide bonds. The molecule has 1 unspecified atom stereocenters. The molecule has 0 radical (unpaired) electrons. The number of thioether (sulfide) groups is 1. The maximum absolute atomic E-state index is 6.29. The van der Waals surface area contributed by atoms with Crippen molar-refractivity contribution < 1.29 is 4.74 Å². The molecule has 2 aromatic rings. The van der Waals surface area contributed by atoms with Gasteiger partial charge in [-0.15, -0.1) is 11.8 Å². The van der Waals surface area contributed by atoms with Crippen molar-refractivity contribution in [3.05, 3.63) is 60.2 Å². The fourth-order valence-electron chi connectivity index (χ4n) is 2.11. The third kappa shape index (κ3) is 4.80. The first kappa shape index (κ1) is 15.9. The van der Waals surface area contributed by atoms with Crippen LogP contribution < -0.4 is 10.1 Å². The number of benzene rings is 2. The molecule has 21 heavy (non-hydrogen) atoms. The standard InChI is InChI=1S/C18H23NOS/c1-14(2)19-13-17(15-9-5-4-6-10-15)20-16-11-7-8-12-18(16)21-3/h4-12,14,17,19H,13H2,1-3H3. The Hall–Kier alpha value is -1.45. The summed E-state index contributed by atoms with van der Waals surface area (Å²) in [6.07, 6.45) is 2.09. The SMILES string of the molecule is CSc1ccccc1OC(CNC(C)C)c1ccccc1. The van der Waals surface area contributed by atoms with E-state index in [1.807, 2.05) is 24.3 Å². The molecule has 0 saturated carbocycles. The van der Waals surface area contributed by atoms with Crippen LogP contribution >= 0.6 is 11.8 Å². The maximum Gasteiger partial charge on any atom is 0.136 e. The van der Waals surface area contributed by atoms with Gasteiger partial charge in [0.25, 0.3) is 0 Å². The van der Waals surface area contributed by atoms with Crippen molar-refractivity contribution in [1.29, 1.82) is 0 Å². The second-order valence-corrected chi connectivity index (χ2v) is 6.08. The molecule has 1 atom stereocenters. The minimum atomic E-state index is 0.0156. The molecule has 0 bridgehead atoms. The Kier molecular flexibility index (Phi) is 6.15. The average Bonchev–Trinajstić information content (AvgIpc) is 2.52. The zero-order chi connectivity index (χ0) is 15.1. The van der Waals surface area contributed by atoms with Gasteiger partial charge in [0.15, 0.2) is 0 Å². The van der Waals surface area contributed by atoms with E-state index in [0.717, 1.165) is 12.3 Å². The normalized spacial score (nSPS) is 12.4. The summed E-state index contributed by atoms with van der Waals surface area (Å²) in [5.41, 5.74) is 1.20. The fourth-order valence-corrected chi connectivity index (χ4v) is 2.64. The largest absolute Gasteiger partial charge is 0.483 e. The summed E-state index contributed by atoms with van der Waals surface area (Å²) < 4.78 is 6.29. The Morgan fingerprint density at radius 3 is 2.33 bits per heavy atom. The number of para-hydroxylation sites is 1. The van der Waals surface area contributed by atoms with Crippen LogP contribution in [0.25, 0.3) is 0 Å². The number of ether oxygens (including phenoxy) is 1. The van der Waals surface area contributed by atoms with Crippen LogP contribution in [0, 0.1) is 0 Å². The van der Waals surface area contributed by atoms with Crippen molar-refractivity contribution in [3.63, 3.8) is 0 Å². The molecule has 0 aliphatic carbocycles. The highest BCUT2D eigenvalue weighted by atomic mass is 32.2. The van der Waals surface area contributed by atoms with Crippen molar-refractivity contribution in [2.24, 2.45) is 0 Å². The molecule has 0 fully saturated rings. The highest BCUT2D eigenvalue weighted by Crippen LogP contribution is 2.30. The van der Waals surface area contributed by atoms with Crippen molar-refractivity contribution in [2.75, 3.05) is 12.8 Å². The van der Waals surface area contributed by atoms with Crippen molar-refractivity contribution in [2.45, 2.75) is 30.9 Å². The van der Waals surface area contributed by atoms with E-state index in [-0.39, 0.29) is 6.10 Å². The van der Waals surface area contributed by atoms with Gasteiger partial charge in [-0.3, -0.25) is 0 Å². The molecule has 0 spiro atoms. The summed E-state index contributed by atoms with van der Waals surface area (Å²) in [7, 11) is 0. The Morgan fingerprint density at radius 1 is 1.00 bits per heavy atom. The fraction of sp³-hybridized carbons (Fsp3) is 0.333. The lowest BCUT2D eigenvalue weighted by atomic mass is 10.1. The second kappa shape index (κ2) is 8.11. The van der Waals surface area contributed by atoms with Crippen LogP contribution in [0.2, 0.25) is 0 Å². The predicted molar refractivity (Wildman–Crippen MR) is 91.2 cm³/mol. The van der Waals surface area contributed by atoms with E-state index in [4.69, 9.17) is 4.74 Å². The third-order valence-electron chi connectivity index (χ3n) is 3.22.